The summed E-state index contributed by atoms with van der Waals surface area (Å²) in [6.45, 7) is 6.58. The van der Waals surface area contributed by atoms with Crippen LogP contribution in [0.4, 0.5) is 0 Å². The third-order valence-electron chi connectivity index (χ3n) is 1.73. The van der Waals surface area contributed by atoms with Crippen LogP contribution in [0.3, 0.4) is 0 Å². The molecule has 23 heavy (non-hydrogen) atoms. The molecule has 0 aromatic carbocycles. The third kappa shape index (κ3) is 113. The number of nitrogens with zero attached hydrogens (tertiary/aromatic N) is 1. The van der Waals surface area contributed by atoms with Crippen molar-refractivity contribution in [3.8, 4) is 0 Å². The van der Waals surface area contributed by atoms with Crippen LogP contribution in [0.15, 0.2) is 0 Å². The Hall–Kier alpha value is -0.534. The van der Waals surface area contributed by atoms with Crippen LogP contribution in [-0.2, 0) is 16.8 Å². The standard InChI is InChI=1S/3C4H10N2.Co.HNO3/c3*1-4(6)2-3-5;;2-1(3)4/h3*4-6H,2-3H2,1H3;;(H,2,3,4)/q3*-2;+2;. The van der Waals surface area contributed by atoms with Crippen LogP contribution in [0.1, 0.15) is 40.0 Å². The normalized spacial score (nSPS) is 12.4. The molecule has 0 saturated carbocycles. The van der Waals surface area contributed by atoms with Crippen molar-refractivity contribution in [2.75, 3.05) is 19.6 Å². The zero-order valence-electron chi connectivity index (χ0n) is 14.0. The molecule has 0 heterocycles. The Morgan fingerprint density at radius 3 is 0.957 bits per heavy atom. The number of hydrogen-bond donors (Lipinski definition) is 1. The number of nitrogens with one attached hydrogen (secondary N) is 6. The Morgan fingerprint density at radius 1 is 0.826 bits per heavy atom. The van der Waals surface area contributed by atoms with E-state index in [0.717, 1.165) is 0 Å². The van der Waals surface area contributed by atoms with Gasteiger partial charge in [-0.25, -0.2) is 0 Å². The van der Waals surface area contributed by atoms with E-state index in [2.05, 4.69) is 0 Å². The Balaban J connectivity index is -0.0000000624. The van der Waals surface area contributed by atoms with Crippen molar-refractivity contribution in [2.24, 2.45) is 0 Å². The zero-order valence-corrected chi connectivity index (χ0v) is 15.1. The second kappa shape index (κ2) is 29.5. The fourth-order valence-corrected chi connectivity index (χ4v) is 0.650. The average molecular weight is 380 g/mol. The maximum absolute atomic E-state index is 8.36. The van der Waals surface area contributed by atoms with Crippen molar-refractivity contribution in [3.05, 3.63) is 44.5 Å². The maximum atomic E-state index is 8.36. The quantitative estimate of drug-likeness (QED) is 0.483. The van der Waals surface area contributed by atoms with Gasteiger partial charge in [0.05, 0.1) is 0 Å². The van der Waals surface area contributed by atoms with Crippen LogP contribution >= 0.6 is 0 Å². The second-order valence-electron chi connectivity index (χ2n) is 4.56. The van der Waals surface area contributed by atoms with Crippen molar-refractivity contribution in [1.29, 1.82) is 0 Å². The van der Waals surface area contributed by atoms with Crippen LogP contribution in [-0.4, -0.2) is 48.1 Å². The Labute approximate surface area is 150 Å². The van der Waals surface area contributed by atoms with Gasteiger partial charge < -0.3 is 39.6 Å². The van der Waals surface area contributed by atoms with Crippen molar-refractivity contribution in [1.82, 2.24) is 0 Å². The van der Waals surface area contributed by atoms with Gasteiger partial charge >= 0.3 is 16.8 Å². The number of rotatable bonds is 6. The van der Waals surface area contributed by atoms with Crippen molar-refractivity contribution >= 4 is 0 Å². The third-order valence-corrected chi connectivity index (χ3v) is 1.73. The predicted molar refractivity (Wildman–Crippen MR) is 91.5 cm³/mol. The Morgan fingerprint density at radius 2 is 0.957 bits per heavy atom. The molecule has 10 nitrogen and oxygen atoms in total. The first kappa shape index (κ1) is 33.9. The van der Waals surface area contributed by atoms with E-state index in [1.807, 2.05) is 0 Å². The summed E-state index contributed by atoms with van der Waals surface area (Å²) in [5.74, 6) is 0. The molecule has 0 fully saturated rings. The molecule has 0 saturated heterocycles. The van der Waals surface area contributed by atoms with E-state index in [-0.39, 0.29) is 34.9 Å². The molecular formula is C12H31CoN7O3-4. The molecule has 0 aromatic rings. The SMILES string of the molecule is CC([NH-])CC[NH-].CC([NH-])CC[NH-].CC([NH-])CC[NH-].O=[N+]([O-])O.[Co+2]. The molecule has 0 aliphatic rings. The monoisotopic (exact) mass is 380 g/mol. The van der Waals surface area contributed by atoms with E-state index in [0.29, 0.717) is 38.9 Å². The Bertz CT molecular complexity index is 183. The minimum Gasteiger partial charge on any atom is -0.677 e. The summed E-state index contributed by atoms with van der Waals surface area (Å²) in [6, 6.07) is -0.118. The van der Waals surface area contributed by atoms with E-state index >= 15 is 0 Å². The molecule has 0 bridgehead atoms. The van der Waals surface area contributed by atoms with Gasteiger partial charge in [-0.05, 0) is 0 Å². The molecule has 145 valence electrons. The molecule has 3 atom stereocenters. The second-order valence-corrected chi connectivity index (χ2v) is 4.56. The maximum Gasteiger partial charge on any atom is 2.00 e. The van der Waals surface area contributed by atoms with Crippen LogP contribution in [0.25, 0.3) is 34.4 Å². The Kier molecular flexibility index (Phi) is 43.5. The largest absolute Gasteiger partial charge is 2.00 e. The molecule has 0 spiro atoms. The summed E-state index contributed by atoms with van der Waals surface area (Å²) in [5, 5.41) is 13.6. The smallest absolute Gasteiger partial charge is 0.677 e. The topological polar surface area (TPSA) is 206 Å². The summed E-state index contributed by atoms with van der Waals surface area (Å²) in [7, 11) is 0. The summed E-state index contributed by atoms with van der Waals surface area (Å²) >= 11 is 0. The molecule has 0 amide bonds. The van der Waals surface area contributed by atoms with Gasteiger partial charge in [0.25, 0.3) is 5.09 Å². The van der Waals surface area contributed by atoms with E-state index in [9.17, 15) is 0 Å². The molecular weight excluding hydrogens is 349 g/mol. The van der Waals surface area contributed by atoms with Crippen LogP contribution in [0.2, 0.25) is 0 Å². The van der Waals surface area contributed by atoms with Crippen LogP contribution < -0.4 is 0 Å². The minimum absolute atomic E-state index is 0. The molecule has 3 unspecified atom stereocenters. The molecule has 11 heteroatoms. The van der Waals surface area contributed by atoms with Crippen molar-refractivity contribution in [3.63, 3.8) is 0 Å². The molecule has 0 rings (SSSR count). The summed E-state index contributed by atoms with van der Waals surface area (Å²) < 4.78 is 0. The van der Waals surface area contributed by atoms with Gasteiger partial charge in [-0.15, -0.1) is 28.2 Å². The van der Waals surface area contributed by atoms with Gasteiger partial charge in [0, 0.05) is 0 Å². The van der Waals surface area contributed by atoms with E-state index < -0.39 is 5.09 Å². The summed E-state index contributed by atoms with van der Waals surface area (Å²) in [5.41, 5.74) is 40.4. The molecule has 0 aliphatic heterocycles. The van der Waals surface area contributed by atoms with Crippen LogP contribution in [0, 0.1) is 10.1 Å². The summed E-state index contributed by atoms with van der Waals surface area (Å²) in [4.78, 5) is 8.36. The number of hydrogen-bond acceptors (Lipinski definition) is 2. The van der Waals surface area contributed by atoms with Gasteiger partial charge in [-0.2, -0.15) is 19.6 Å². The molecule has 0 aromatic heterocycles. The first-order valence-corrected chi connectivity index (χ1v) is 6.95. The minimum atomic E-state index is -1.50. The molecule has 7 N–H and O–H groups in total. The van der Waals surface area contributed by atoms with Gasteiger partial charge in [0.1, 0.15) is 0 Å². The van der Waals surface area contributed by atoms with E-state index in [1.54, 1.807) is 20.8 Å². The van der Waals surface area contributed by atoms with Crippen LogP contribution in [0.5, 0.6) is 0 Å². The zero-order chi connectivity index (χ0) is 18.6. The van der Waals surface area contributed by atoms with E-state index in [4.69, 9.17) is 49.7 Å². The van der Waals surface area contributed by atoms with E-state index in [1.165, 1.54) is 0 Å². The molecule has 1 radical (unpaired) electrons. The fourth-order valence-electron chi connectivity index (χ4n) is 0.650. The van der Waals surface area contributed by atoms with Crippen molar-refractivity contribution < 1.29 is 27.1 Å². The van der Waals surface area contributed by atoms with Gasteiger partial charge in [0.15, 0.2) is 0 Å². The van der Waals surface area contributed by atoms with Gasteiger partial charge in [0.2, 0.25) is 0 Å². The predicted octanol–water partition coefficient (Wildman–Crippen LogP) is 5.26. The fraction of sp³-hybridized carbons (Fsp3) is 1.00. The first-order valence-electron chi connectivity index (χ1n) is 6.95. The van der Waals surface area contributed by atoms with Gasteiger partial charge in [-0.1, -0.05) is 40.0 Å². The molecule has 0 aliphatic carbocycles. The summed E-state index contributed by atoms with van der Waals surface area (Å²) in [6.07, 6.45) is 2.12. The first-order chi connectivity index (χ1) is 10.0. The average Bonchev–Trinajstić information content (AvgIpc) is 2.28. The van der Waals surface area contributed by atoms with Gasteiger partial charge in [-0.3, -0.25) is 0 Å². The van der Waals surface area contributed by atoms with Crippen molar-refractivity contribution in [2.45, 2.75) is 58.2 Å².